The standard InChI is InChI=1S/C26H20Cl2N2O4S/c1-16-5-9-18(10-6-16)29-24(31)15-34-19-11-7-17(8-12-19)13-23-25(32)30(26(33)35-23)14-20-21(27)3-2-4-22(20)28/h2-13H,14-15H2,1H3,(H,29,31)/b23-13+. The van der Waals surface area contributed by atoms with Gasteiger partial charge in [0.2, 0.25) is 0 Å². The van der Waals surface area contributed by atoms with E-state index in [-0.39, 0.29) is 19.1 Å². The molecule has 3 aromatic carbocycles. The predicted octanol–water partition coefficient (Wildman–Crippen LogP) is 6.56. The fourth-order valence-corrected chi connectivity index (χ4v) is 4.63. The van der Waals surface area contributed by atoms with Crippen LogP contribution in [0.2, 0.25) is 10.0 Å². The van der Waals surface area contributed by atoms with Gasteiger partial charge in [0.25, 0.3) is 17.1 Å². The first kappa shape index (κ1) is 24.9. The quantitative estimate of drug-likeness (QED) is 0.353. The summed E-state index contributed by atoms with van der Waals surface area (Å²) in [5.41, 5.74) is 3.04. The van der Waals surface area contributed by atoms with Gasteiger partial charge in [0.05, 0.1) is 11.4 Å². The predicted molar refractivity (Wildman–Crippen MR) is 140 cm³/mol. The van der Waals surface area contributed by atoms with Crippen LogP contribution in [-0.4, -0.2) is 28.6 Å². The van der Waals surface area contributed by atoms with Crippen molar-refractivity contribution < 1.29 is 19.1 Å². The van der Waals surface area contributed by atoms with E-state index in [0.29, 0.717) is 37.5 Å². The monoisotopic (exact) mass is 526 g/mol. The topological polar surface area (TPSA) is 75.7 Å². The molecule has 0 aliphatic carbocycles. The van der Waals surface area contributed by atoms with E-state index >= 15 is 0 Å². The second kappa shape index (κ2) is 11.0. The Hall–Kier alpha value is -3.26. The molecule has 1 saturated heterocycles. The number of ether oxygens (including phenoxy) is 1. The van der Waals surface area contributed by atoms with Crippen LogP contribution in [-0.2, 0) is 16.1 Å². The first-order chi connectivity index (χ1) is 16.8. The molecule has 0 spiro atoms. The highest BCUT2D eigenvalue weighted by molar-refractivity contribution is 8.18. The summed E-state index contributed by atoms with van der Waals surface area (Å²) in [5, 5.41) is 3.16. The van der Waals surface area contributed by atoms with E-state index in [0.717, 1.165) is 22.2 Å². The maximum Gasteiger partial charge on any atom is 0.293 e. The summed E-state index contributed by atoms with van der Waals surface area (Å²) in [5.74, 6) is -0.183. The fraction of sp³-hybridized carbons (Fsp3) is 0.115. The number of halogens is 2. The maximum absolute atomic E-state index is 12.8. The molecule has 1 N–H and O–H groups in total. The number of hydrogen-bond acceptors (Lipinski definition) is 5. The van der Waals surface area contributed by atoms with Crippen LogP contribution < -0.4 is 10.1 Å². The lowest BCUT2D eigenvalue weighted by molar-refractivity contribution is -0.123. The molecule has 0 aromatic heterocycles. The van der Waals surface area contributed by atoms with Crippen molar-refractivity contribution >= 4 is 63.8 Å². The van der Waals surface area contributed by atoms with Crippen LogP contribution in [0.25, 0.3) is 6.08 Å². The molecule has 9 heteroatoms. The number of carbonyl (C=O) groups excluding carboxylic acids is 3. The number of carbonyl (C=O) groups is 3. The number of thioether (sulfide) groups is 1. The molecule has 1 heterocycles. The molecule has 1 aliphatic rings. The van der Waals surface area contributed by atoms with Crippen molar-refractivity contribution in [2.75, 3.05) is 11.9 Å². The summed E-state index contributed by atoms with van der Waals surface area (Å²) in [7, 11) is 0. The highest BCUT2D eigenvalue weighted by Gasteiger charge is 2.35. The zero-order valence-corrected chi connectivity index (χ0v) is 20.9. The summed E-state index contributed by atoms with van der Waals surface area (Å²) >= 11 is 13.2. The van der Waals surface area contributed by atoms with Gasteiger partial charge in [0, 0.05) is 21.3 Å². The fourth-order valence-electron chi connectivity index (χ4n) is 3.27. The molecular weight excluding hydrogens is 507 g/mol. The average molecular weight is 527 g/mol. The second-order valence-electron chi connectivity index (χ2n) is 7.74. The van der Waals surface area contributed by atoms with Crippen molar-refractivity contribution in [3.63, 3.8) is 0 Å². The highest BCUT2D eigenvalue weighted by atomic mass is 35.5. The zero-order chi connectivity index (χ0) is 24.9. The molecule has 3 amide bonds. The van der Waals surface area contributed by atoms with E-state index in [4.69, 9.17) is 27.9 Å². The lowest BCUT2D eigenvalue weighted by Crippen LogP contribution is -2.27. The molecule has 0 unspecified atom stereocenters. The third-order valence-corrected chi connectivity index (χ3v) is 6.75. The zero-order valence-electron chi connectivity index (χ0n) is 18.6. The number of nitrogens with zero attached hydrogens (tertiary/aromatic N) is 1. The molecule has 0 saturated carbocycles. The van der Waals surface area contributed by atoms with Crippen molar-refractivity contribution in [2.24, 2.45) is 0 Å². The molecule has 0 atom stereocenters. The van der Waals surface area contributed by atoms with Gasteiger partial charge in [-0.15, -0.1) is 0 Å². The van der Waals surface area contributed by atoms with E-state index in [1.807, 2.05) is 31.2 Å². The Labute approximate surface area is 216 Å². The summed E-state index contributed by atoms with van der Waals surface area (Å²) in [4.78, 5) is 38.8. The Bertz CT molecular complexity index is 1290. The van der Waals surface area contributed by atoms with Crippen LogP contribution >= 0.6 is 35.0 Å². The Morgan fingerprint density at radius 1 is 1.00 bits per heavy atom. The van der Waals surface area contributed by atoms with Crippen molar-refractivity contribution in [3.05, 3.63) is 98.4 Å². The Morgan fingerprint density at radius 3 is 2.31 bits per heavy atom. The largest absolute Gasteiger partial charge is 0.484 e. The number of imide groups is 1. The average Bonchev–Trinajstić information content (AvgIpc) is 3.09. The molecule has 4 rings (SSSR count). The van der Waals surface area contributed by atoms with Gasteiger partial charge in [-0.3, -0.25) is 19.3 Å². The number of benzene rings is 3. The maximum atomic E-state index is 12.8. The van der Waals surface area contributed by atoms with Gasteiger partial charge in [-0.25, -0.2) is 0 Å². The highest BCUT2D eigenvalue weighted by Crippen LogP contribution is 2.35. The van der Waals surface area contributed by atoms with Gasteiger partial charge in [-0.2, -0.15) is 0 Å². The summed E-state index contributed by atoms with van der Waals surface area (Å²) < 4.78 is 5.54. The van der Waals surface area contributed by atoms with Crippen LogP contribution in [0.1, 0.15) is 16.7 Å². The van der Waals surface area contributed by atoms with Crippen molar-refractivity contribution in [2.45, 2.75) is 13.5 Å². The lowest BCUT2D eigenvalue weighted by atomic mass is 10.2. The van der Waals surface area contributed by atoms with Crippen LogP contribution in [0.5, 0.6) is 5.75 Å². The molecule has 3 aromatic rings. The Balaban J connectivity index is 1.36. The molecular formula is C26H20Cl2N2O4S. The molecule has 6 nitrogen and oxygen atoms in total. The van der Waals surface area contributed by atoms with Crippen molar-refractivity contribution in [3.8, 4) is 5.75 Å². The minimum Gasteiger partial charge on any atom is -0.484 e. The number of aryl methyl sites for hydroxylation is 1. The molecule has 0 bridgehead atoms. The van der Waals surface area contributed by atoms with Crippen LogP contribution in [0, 0.1) is 6.92 Å². The normalized spacial score (nSPS) is 14.5. The molecule has 1 fully saturated rings. The lowest BCUT2D eigenvalue weighted by Gasteiger charge is -2.14. The number of hydrogen-bond donors (Lipinski definition) is 1. The minimum atomic E-state index is -0.413. The second-order valence-corrected chi connectivity index (χ2v) is 9.55. The van der Waals surface area contributed by atoms with Gasteiger partial charge in [0.1, 0.15) is 5.75 Å². The van der Waals surface area contributed by atoms with Gasteiger partial charge < -0.3 is 10.1 Å². The first-order valence-electron chi connectivity index (χ1n) is 10.6. The number of rotatable bonds is 7. The Morgan fingerprint density at radius 2 is 1.66 bits per heavy atom. The van der Waals surface area contributed by atoms with Gasteiger partial charge in [-0.05, 0) is 66.7 Å². The number of amides is 3. The minimum absolute atomic E-state index is 0.00204. The third kappa shape index (κ3) is 6.25. The first-order valence-corrected chi connectivity index (χ1v) is 12.1. The number of nitrogens with one attached hydrogen (secondary N) is 1. The molecule has 35 heavy (non-hydrogen) atoms. The van der Waals surface area contributed by atoms with Gasteiger partial charge in [-0.1, -0.05) is 59.1 Å². The molecule has 178 valence electrons. The van der Waals surface area contributed by atoms with E-state index in [2.05, 4.69) is 5.32 Å². The van der Waals surface area contributed by atoms with E-state index in [1.54, 1.807) is 48.5 Å². The van der Waals surface area contributed by atoms with Gasteiger partial charge >= 0.3 is 0 Å². The molecule has 1 aliphatic heterocycles. The molecule has 0 radical (unpaired) electrons. The van der Waals surface area contributed by atoms with E-state index < -0.39 is 11.1 Å². The van der Waals surface area contributed by atoms with E-state index in [9.17, 15) is 14.4 Å². The Kier molecular flexibility index (Phi) is 7.80. The third-order valence-electron chi connectivity index (χ3n) is 5.13. The summed E-state index contributed by atoms with van der Waals surface area (Å²) in [6, 6.07) is 19.4. The summed E-state index contributed by atoms with van der Waals surface area (Å²) in [6.07, 6.45) is 1.63. The smallest absolute Gasteiger partial charge is 0.293 e. The van der Waals surface area contributed by atoms with Gasteiger partial charge in [0.15, 0.2) is 6.61 Å². The SMILES string of the molecule is Cc1ccc(NC(=O)COc2ccc(/C=C3/SC(=O)N(Cc4c(Cl)cccc4Cl)C3=O)cc2)cc1. The van der Waals surface area contributed by atoms with E-state index in [1.165, 1.54) is 0 Å². The van der Waals surface area contributed by atoms with Crippen LogP contribution in [0.3, 0.4) is 0 Å². The van der Waals surface area contributed by atoms with Crippen molar-refractivity contribution in [1.82, 2.24) is 4.90 Å². The number of anilines is 1. The summed E-state index contributed by atoms with van der Waals surface area (Å²) in [6.45, 7) is 1.83. The van der Waals surface area contributed by atoms with Crippen LogP contribution in [0.4, 0.5) is 10.5 Å². The van der Waals surface area contributed by atoms with Crippen molar-refractivity contribution in [1.29, 1.82) is 0 Å². The van der Waals surface area contributed by atoms with Crippen LogP contribution in [0.15, 0.2) is 71.6 Å².